The molecule has 106 valence electrons. The zero-order chi connectivity index (χ0) is 14.1. The molecular formula is C14H20ClNO3. The molecule has 2 N–H and O–H groups in total. The van der Waals surface area contributed by atoms with Gasteiger partial charge in [-0.3, -0.25) is 4.79 Å². The molecule has 1 aromatic carbocycles. The van der Waals surface area contributed by atoms with Gasteiger partial charge >= 0.3 is 5.97 Å². The van der Waals surface area contributed by atoms with Gasteiger partial charge in [-0.05, 0) is 31.0 Å². The predicted molar refractivity (Wildman–Crippen MR) is 75.3 cm³/mol. The number of carbonyl (C=O) groups excluding carboxylic acids is 1. The molecule has 0 amide bonds. The first kappa shape index (κ1) is 16.0. The molecule has 0 saturated carbocycles. The van der Waals surface area contributed by atoms with E-state index in [1.165, 1.54) is 0 Å². The largest absolute Gasteiger partial charge is 0.466 e. The summed E-state index contributed by atoms with van der Waals surface area (Å²) in [4.78, 5) is 11.5. The maximum absolute atomic E-state index is 11.5. The molecule has 1 atom stereocenters. The van der Waals surface area contributed by atoms with Gasteiger partial charge in [0.25, 0.3) is 0 Å². The summed E-state index contributed by atoms with van der Waals surface area (Å²) in [5, 5.41) is 12.7. The Kier molecular flexibility index (Phi) is 7.48. The standard InChI is InChI=1S/C14H20ClNO3/c1-2-19-14(18)10-13(16-7-8-17)9-11-3-5-12(15)6-4-11/h3-6,13,16-17H,2,7-10H2,1H3. The molecule has 0 bridgehead atoms. The fraction of sp³-hybridized carbons (Fsp3) is 0.500. The number of halogens is 1. The van der Waals surface area contributed by atoms with Crippen LogP contribution >= 0.6 is 11.6 Å². The third kappa shape index (κ3) is 6.57. The Labute approximate surface area is 118 Å². The quantitative estimate of drug-likeness (QED) is 0.715. The fourth-order valence-corrected chi connectivity index (χ4v) is 1.94. The highest BCUT2D eigenvalue weighted by Gasteiger charge is 2.14. The van der Waals surface area contributed by atoms with Crippen LogP contribution in [-0.4, -0.2) is 36.9 Å². The van der Waals surface area contributed by atoms with E-state index in [2.05, 4.69) is 5.32 Å². The second kappa shape index (κ2) is 8.91. The van der Waals surface area contributed by atoms with Crippen molar-refractivity contribution in [3.05, 3.63) is 34.9 Å². The fourth-order valence-electron chi connectivity index (χ4n) is 1.81. The Hall–Kier alpha value is -1.10. The number of aliphatic hydroxyl groups excluding tert-OH is 1. The van der Waals surface area contributed by atoms with Crippen molar-refractivity contribution in [3.63, 3.8) is 0 Å². The van der Waals surface area contributed by atoms with E-state index < -0.39 is 0 Å². The minimum atomic E-state index is -0.230. The molecule has 1 rings (SSSR count). The number of benzene rings is 1. The normalized spacial score (nSPS) is 12.2. The molecule has 5 heteroatoms. The molecule has 1 aromatic rings. The Morgan fingerprint density at radius 3 is 2.68 bits per heavy atom. The zero-order valence-electron chi connectivity index (χ0n) is 11.1. The minimum absolute atomic E-state index is 0.0416. The molecule has 0 aliphatic heterocycles. The maximum atomic E-state index is 11.5. The minimum Gasteiger partial charge on any atom is -0.466 e. The molecular weight excluding hydrogens is 266 g/mol. The molecule has 19 heavy (non-hydrogen) atoms. The Morgan fingerprint density at radius 1 is 1.42 bits per heavy atom. The average Bonchev–Trinajstić information content (AvgIpc) is 2.39. The molecule has 0 spiro atoms. The van der Waals surface area contributed by atoms with Gasteiger partial charge in [0.15, 0.2) is 0 Å². The highest BCUT2D eigenvalue weighted by atomic mass is 35.5. The highest BCUT2D eigenvalue weighted by Crippen LogP contribution is 2.12. The van der Waals surface area contributed by atoms with E-state index in [4.69, 9.17) is 21.4 Å². The van der Waals surface area contributed by atoms with Crippen LogP contribution in [0.4, 0.5) is 0 Å². The number of rotatable bonds is 8. The van der Waals surface area contributed by atoms with Crippen molar-refractivity contribution in [2.75, 3.05) is 19.8 Å². The molecule has 0 aromatic heterocycles. The summed E-state index contributed by atoms with van der Waals surface area (Å²) < 4.78 is 4.95. The van der Waals surface area contributed by atoms with Gasteiger partial charge in [-0.25, -0.2) is 0 Å². The molecule has 0 saturated heterocycles. The Morgan fingerprint density at radius 2 is 2.11 bits per heavy atom. The molecule has 0 heterocycles. The number of hydrogen-bond donors (Lipinski definition) is 2. The lowest BCUT2D eigenvalue weighted by Gasteiger charge is -2.17. The molecule has 0 aliphatic carbocycles. The van der Waals surface area contributed by atoms with Crippen LogP contribution < -0.4 is 5.32 Å². The molecule has 0 aliphatic rings. The average molecular weight is 286 g/mol. The van der Waals surface area contributed by atoms with Gasteiger partial charge in [0.05, 0.1) is 19.6 Å². The summed E-state index contributed by atoms with van der Waals surface area (Å²) in [6.07, 6.45) is 0.979. The lowest BCUT2D eigenvalue weighted by atomic mass is 10.0. The third-order valence-corrected chi connectivity index (χ3v) is 2.91. The first-order chi connectivity index (χ1) is 9.15. The smallest absolute Gasteiger partial charge is 0.307 e. The predicted octanol–water partition coefficient (Wildman–Crippen LogP) is 1.79. The van der Waals surface area contributed by atoms with E-state index in [0.717, 1.165) is 5.56 Å². The van der Waals surface area contributed by atoms with Crippen LogP contribution in [0.2, 0.25) is 5.02 Å². The van der Waals surface area contributed by atoms with Gasteiger partial charge < -0.3 is 15.2 Å². The van der Waals surface area contributed by atoms with Gasteiger partial charge in [-0.1, -0.05) is 23.7 Å². The maximum Gasteiger partial charge on any atom is 0.307 e. The second-order valence-electron chi connectivity index (χ2n) is 4.21. The van der Waals surface area contributed by atoms with Crippen molar-refractivity contribution < 1.29 is 14.6 Å². The zero-order valence-corrected chi connectivity index (χ0v) is 11.8. The third-order valence-electron chi connectivity index (χ3n) is 2.66. The van der Waals surface area contributed by atoms with E-state index in [-0.39, 0.29) is 25.0 Å². The van der Waals surface area contributed by atoms with E-state index in [1.54, 1.807) is 6.92 Å². The van der Waals surface area contributed by atoms with Gasteiger partial charge in [-0.15, -0.1) is 0 Å². The Bertz CT molecular complexity index is 381. The second-order valence-corrected chi connectivity index (χ2v) is 4.65. The molecule has 4 nitrogen and oxygen atoms in total. The van der Waals surface area contributed by atoms with Crippen molar-refractivity contribution in [1.82, 2.24) is 5.32 Å². The summed E-state index contributed by atoms with van der Waals surface area (Å²) in [5.41, 5.74) is 1.09. The molecule has 0 radical (unpaired) electrons. The highest BCUT2D eigenvalue weighted by molar-refractivity contribution is 6.30. The molecule has 1 unspecified atom stereocenters. The summed E-state index contributed by atoms with van der Waals surface area (Å²) in [7, 11) is 0. The first-order valence-corrected chi connectivity index (χ1v) is 6.77. The summed E-state index contributed by atoms with van der Waals surface area (Å²) in [5.74, 6) is -0.230. The number of esters is 1. The van der Waals surface area contributed by atoms with Crippen molar-refractivity contribution >= 4 is 17.6 Å². The van der Waals surface area contributed by atoms with Gasteiger partial charge in [0, 0.05) is 17.6 Å². The van der Waals surface area contributed by atoms with Crippen LogP contribution in [-0.2, 0) is 16.0 Å². The van der Waals surface area contributed by atoms with Crippen molar-refractivity contribution in [3.8, 4) is 0 Å². The monoisotopic (exact) mass is 285 g/mol. The van der Waals surface area contributed by atoms with E-state index >= 15 is 0 Å². The topological polar surface area (TPSA) is 58.6 Å². The van der Waals surface area contributed by atoms with Crippen LogP contribution in [0.15, 0.2) is 24.3 Å². The first-order valence-electron chi connectivity index (χ1n) is 6.40. The number of ether oxygens (including phenoxy) is 1. The van der Waals surface area contributed by atoms with Gasteiger partial charge in [0.1, 0.15) is 0 Å². The van der Waals surface area contributed by atoms with Crippen molar-refractivity contribution in [2.24, 2.45) is 0 Å². The van der Waals surface area contributed by atoms with Crippen LogP contribution in [0, 0.1) is 0 Å². The summed E-state index contributed by atoms with van der Waals surface area (Å²) >= 11 is 5.83. The lowest BCUT2D eigenvalue weighted by Crippen LogP contribution is -2.35. The summed E-state index contributed by atoms with van der Waals surface area (Å²) in [6.45, 7) is 2.66. The SMILES string of the molecule is CCOC(=O)CC(Cc1ccc(Cl)cc1)NCCO. The lowest BCUT2D eigenvalue weighted by molar-refractivity contribution is -0.143. The Balaban J connectivity index is 2.57. The summed E-state index contributed by atoms with van der Waals surface area (Å²) in [6, 6.07) is 7.46. The van der Waals surface area contributed by atoms with Gasteiger partial charge in [-0.2, -0.15) is 0 Å². The van der Waals surface area contributed by atoms with E-state index in [9.17, 15) is 4.79 Å². The van der Waals surface area contributed by atoms with Crippen molar-refractivity contribution in [1.29, 1.82) is 0 Å². The number of nitrogens with one attached hydrogen (secondary N) is 1. The van der Waals surface area contributed by atoms with Crippen LogP contribution in [0.1, 0.15) is 18.9 Å². The van der Waals surface area contributed by atoms with Crippen LogP contribution in [0.5, 0.6) is 0 Å². The van der Waals surface area contributed by atoms with E-state index in [0.29, 0.717) is 24.6 Å². The van der Waals surface area contributed by atoms with Crippen LogP contribution in [0.3, 0.4) is 0 Å². The van der Waals surface area contributed by atoms with Crippen LogP contribution in [0.25, 0.3) is 0 Å². The van der Waals surface area contributed by atoms with Crippen molar-refractivity contribution in [2.45, 2.75) is 25.8 Å². The van der Waals surface area contributed by atoms with Gasteiger partial charge in [0.2, 0.25) is 0 Å². The number of aliphatic hydroxyl groups is 1. The van der Waals surface area contributed by atoms with E-state index in [1.807, 2.05) is 24.3 Å². The number of carbonyl (C=O) groups is 1. The molecule has 0 fully saturated rings. The number of hydrogen-bond acceptors (Lipinski definition) is 4.